The molecule has 0 saturated carbocycles. The lowest BCUT2D eigenvalue weighted by molar-refractivity contribution is -0.161. The van der Waals surface area contributed by atoms with Gasteiger partial charge >= 0.3 is 33.6 Å². The van der Waals surface area contributed by atoms with Gasteiger partial charge in [-0.05, 0) is 89.9 Å². The zero-order chi connectivity index (χ0) is 61.0. The van der Waals surface area contributed by atoms with Crippen molar-refractivity contribution in [2.24, 2.45) is 0 Å². The Hall–Kier alpha value is -2.75. The van der Waals surface area contributed by atoms with Crippen LogP contribution in [0.15, 0.2) is 60.8 Å². The van der Waals surface area contributed by atoms with Gasteiger partial charge in [0, 0.05) is 19.3 Å². The van der Waals surface area contributed by atoms with Crippen LogP contribution in [0.2, 0.25) is 0 Å². The molecule has 5 unspecified atom stereocenters. The van der Waals surface area contributed by atoms with Crippen LogP contribution in [0, 0.1) is 0 Å². The van der Waals surface area contributed by atoms with Crippen LogP contribution in [0.3, 0.4) is 0 Å². The summed E-state index contributed by atoms with van der Waals surface area (Å²) < 4.78 is 60.7. The second-order valence-electron chi connectivity index (χ2n) is 21.9. The van der Waals surface area contributed by atoms with E-state index in [1.807, 2.05) is 0 Å². The number of esters is 3. The lowest BCUT2D eigenvalue weighted by Crippen LogP contribution is -2.30. The molecule has 0 spiro atoms. The highest BCUT2D eigenvalue weighted by molar-refractivity contribution is 7.47. The highest BCUT2D eigenvalue weighted by Crippen LogP contribution is 2.45. The molecule has 4 N–H and O–H groups in total. The first-order valence-corrected chi connectivity index (χ1v) is 35.6. The van der Waals surface area contributed by atoms with Crippen LogP contribution in [-0.4, -0.2) is 95.9 Å². The number of allylic oxidation sites excluding steroid dienone is 10. The topological polar surface area (TPSA) is 231 Å². The normalized spacial score (nSPS) is 14.7. The van der Waals surface area contributed by atoms with Crippen LogP contribution in [0.5, 0.6) is 0 Å². The van der Waals surface area contributed by atoms with Crippen molar-refractivity contribution < 1.29 is 75.8 Å². The Bertz CT molecular complexity index is 1770. The second-order valence-corrected chi connectivity index (χ2v) is 24.8. The number of hydrogen-bond donors (Lipinski definition) is 4. The molecule has 0 radical (unpaired) electrons. The van der Waals surface area contributed by atoms with Crippen molar-refractivity contribution in [3.05, 3.63) is 60.8 Å². The summed E-state index contributed by atoms with van der Waals surface area (Å²) in [6, 6.07) is 0. The number of carbonyl (C=O) groups excluding carboxylic acids is 3. The van der Waals surface area contributed by atoms with E-state index in [2.05, 4.69) is 81.5 Å². The summed E-state index contributed by atoms with van der Waals surface area (Å²) in [4.78, 5) is 58.2. The maximum Gasteiger partial charge on any atom is 0.472 e. The standard InChI is InChI=1S/C65H118O16P2/c1-4-7-10-13-16-19-22-25-26-27-28-29-30-31-32-35-37-39-42-45-48-51-63(68)75-54-60(66)55-77-82(71,72)78-56-61(67)57-79-83(73,74)80-59-62(81-65(70)53-50-47-44-41-38-34-24-21-18-15-12-9-6-3)58-76-64(69)52-49-46-43-40-36-33-23-20-17-14-11-8-5-2/h16,19-20,23,25-26,28-29,31-32,60-62,66-67H,4-15,17-18,21-22,24,27,30,33-59H2,1-3H3,(H,71,72)(H,73,74)/b19-16-,23-20-,26-25-,29-28-,32-31-. The molecular formula is C65H118O16P2. The van der Waals surface area contributed by atoms with E-state index in [1.54, 1.807) is 0 Å². The van der Waals surface area contributed by atoms with Gasteiger partial charge in [0.1, 0.15) is 25.4 Å². The van der Waals surface area contributed by atoms with Gasteiger partial charge in [-0.1, -0.05) is 229 Å². The zero-order valence-electron chi connectivity index (χ0n) is 52.1. The van der Waals surface area contributed by atoms with Gasteiger partial charge in [0.2, 0.25) is 0 Å². The van der Waals surface area contributed by atoms with E-state index in [4.69, 9.17) is 32.3 Å². The van der Waals surface area contributed by atoms with Gasteiger partial charge in [-0.25, -0.2) is 9.13 Å². The molecule has 18 heteroatoms. The maximum atomic E-state index is 12.9. The average molecular weight is 1220 g/mol. The number of phosphoric acid groups is 2. The van der Waals surface area contributed by atoms with E-state index >= 15 is 0 Å². The summed E-state index contributed by atoms with van der Waals surface area (Å²) >= 11 is 0. The minimum absolute atomic E-state index is 0.108. The molecule has 0 aliphatic heterocycles. The monoisotopic (exact) mass is 1220 g/mol. The smallest absolute Gasteiger partial charge is 0.463 e. The van der Waals surface area contributed by atoms with E-state index in [-0.39, 0.29) is 19.3 Å². The molecular weight excluding hydrogens is 1100 g/mol. The Morgan fingerprint density at radius 1 is 0.337 bits per heavy atom. The molecule has 0 aromatic carbocycles. The molecule has 16 nitrogen and oxygen atoms in total. The van der Waals surface area contributed by atoms with Crippen molar-refractivity contribution in [1.82, 2.24) is 0 Å². The largest absolute Gasteiger partial charge is 0.472 e. The minimum atomic E-state index is -4.91. The Morgan fingerprint density at radius 3 is 1.00 bits per heavy atom. The molecule has 0 aromatic heterocycles. The third-order valence-electron chi connectivity index (χ3n) is 13.7. The lowest BCUT2D eigenvalue weighted by atomic mass is 10.0. The van der Waals surface area contributed by atoms with Crippen LogP contribution in [0.4, 0.5) is 0 Å². The van der Waals surface area contributed by atoms with E-state index in [0.717, 1.165) is 116 Å². The van der Waals surface area contributed by atoms with Crippen LogP contribution >= 0.6 is 15.6 Å². The summed E-state index contributed by atoms with van der Waals surface area (Å²) in [6.45, 7) is 2.60. The molecule has 0 aliphatic carbocycles. The Morgan fingerprint density at radius 2 is 0.602 bits per heavy atom. The van der Waals surface area contributed by atoms with E-state index in [0.29, 0.717) is 19.3 Å². The lowest BCUT2D eigenvalue weighted by Gasteiger charge is -2.21. The number of hydrogen-bond acceptors (Lipinski definition) is 14. The van der Waals surface area contributed by atoms with Gasteiger partial charge in [-0.15, -0.1) is 0 Å². The summed E-state index contributed by atoms with van der Waals surface area (Å²) in [5.74, 6) is -1.59. The van der Waals surface area contributed by atoms with Gasteiger partial charge in [0.15, 0.2) is 6.10 Å². The number of aliphatic hydroxyl groups excluding tert-OH is 2. The molecule has 0 bridgehead atoms. The number of unbranched alkanes of at least 4 members (excludes halogenated alkanes) is 29. The van der Waals surface area contributed by atoms with Crippen molar-refractivity contribution in [3.63, 3.8) is 0 Å². The third kappa shape index (κ3) is 60.7. The third-order valence-corrected chi connectivity index (χ3v) is 15.6. The summed E-state index contributed by atoms with van der Waals surface area (Å²) in [5, 5.41) is 20.5. The van der Waals surface area contributed by atoms with Gasteiger partial charge in [-0.3, -0.25) is 32.5 Å². The first-order chi connectivity index (χ1) is 40.2. The SMILES string of the molecule is CCCCC/C=C\C/C=C\C/C=C\C/C=C\CCCCCCCC(=O)OCC(O)COP(=O)(O)OCC(O)COP(=O)(O)OCC(COC(=O)CCCCCCC/C=C\CCCCCC)OC(=O)CCCCCCCCCCCCCCC. The molecule has 0 fully saturated rings. The fraction of sp³-hybridized carbons (Fsp3) is 0.800. The second kappa shape index (κ2) is 59.6. The predicted molar refractivity (Wildman–Crippen MR) is 335 cm³/mol. The molecule has 0 heterocycles. The van der Waals surface area contributed by atoms with Gasteiger partial charge in [-0.2, -0.15) is 0 Å². The molecule has 0 aliphatic rings. The van der Waals surface area contributed by atoms with Crippen LogP contribution in [0.1, 0.15) is 278 Å². The number of phosphoric ester groups is 2. The van der Waals surface area contributed by atoms with Crippen molar-refractivity contribution in [3.8, 4) is 0 Å². The van der Waals surface area contributed by atoms with E-state index < -0.39 is 91.5 Å². The Balaban J connectivity index is 4.59. The predicted octanol–water partition coefficient (Wildman–Crippen LogP) is 17.4. The van der Waals surface area contributed by atoms with Gasteiger partial charge < -0.3 is 34.2 Å². The molecule has 83 heavy (non-hydrogen) atoms. The van der Waals surface area contributed by atoms with Crippen LogP contribution in [-0.2, 0) is 55.8 Å². The molecule has 5 atom stereocenters. The molecule has 0 aromatic rings. The molecule has 0 amide bonds. The first-order valence-electron chi connectivity index (χ1n) is 32.6. The highest BCUT2D eigenvalue weighted by atomic mass is 31.2. The minimum Gasteiger partial charge on any atom is -0.463 e. The van der Waals surface area contributed by atoms with Crippen LogP contribution < -0.4 is 0 Å². The highest BCUT2D eigenvalue weighted by Gasteiger charge is 2.29. The number of rotatable bonds is 62. The van der Waals surface area contributed by atoms with Crippen LogP contribution in [0.25, 0.3) is 0 Å². The van der Waals surface area contributed by atoms with Crippen molar-refractivity contribution in [2.45, 2.75) is 296 Å². The van der Waals surface area contributed by atoms with Gasteiger partial charge in [0.25, 0.3) is 0 Å². The number of ether oxygens (including phenoxy) is 3. The quantitative estimate of drug-likeness (QED) is 0.0146. The summed E-state index contributed by atoms with van der Waals surface area (Å²) in [5.41, 5.74) is 0. The van der Waals surface area contributed by atoms with Crippen molar-refractivity contribution in [2.75, 3.05) is 39.6 Å². The maximum absolute atomic E-state index is 12.9. The van der Waals surface area contributed by atoms with E-state index in [1.165, 1.54) is 103 Å². The van der Waals surface area contributed by atoms with Crippen molar-refractivity contribution in [1.29, 1.82) is 0 Å². The number of carbonyl (C=O) groups is 3. The average Bonchev–Trinajstić information content (AvgIpc) is 3.47. The zero-order valence-corrected chi connectivity index (χ0v) is 53.9. The van der Waals surface area contributed by atoms with Crippen molar-refractivity contribution >= 4 is 33.6 Å². The summed E-state index contributed by atoms with van der Waals surface area (Å²) in [6.07, 6.45) is 58.5. The molecule has 0 saturated heterocycles. The Kier molecular flexibility index (Phi) is 57.6. The fourth-order valence-corrected chi connectivity index (χ4v) is 10.3. The Labute approximate surface area is 503 Å². The molecule has 484 valence electrons. The first kappa shape index (κ1) is 80.2. The summed E-state index contributed by atoms with van der Waals surface area (Å²) in [7, 11) is -9.76. The fourth-order valence-electron chi connectivity index (χ4n) is 8.67. The number of aliphatic hydroxyl groups is 2. The molecule has 0 rings (SSSR count). The van der Waals surface area contributed by atoms with Gasteiger partial charge in [0.05, 0.1) is 26.4 Å². The van der Waals surface area contributed by atoms with E-state index in [9.17, 15) is 43.5 Å².